The second-order valence-corrected chi connectivity index (χ2v) is 6.55. The Morgan fingerprint density at radius 2 is 2.10 bits per heavy atom. The maximum Gasteiger partial charge on any atom is 0.471 e. The maximum atomic E-state index is 14.2. The smallest absolute Gasteiger partial charge is 0.346 e. The van der Waals surface area contributed by atoms with Crippen molar-refractivity contribution in [3.05, 3.63) is 42.0 Å². The van der Waals surface area contributed by atoms with E-state index in [0.717, 1.165) is 5.32 Å². The summed E-state index contributed by atoms with van der Waals surface area (Å²) in [6, 6.07) is 4.16. The van der Waals surface area contributed by atoms with Gasteiger partial charge in [0.05, 0.1) is 2.74 Å². The Kier molecular flexibility index (Phi) is 4.00. The number of aromatic nitrogens is 3. The van der Waals surface area contributed by atoms with Gasteiger partial charge in [-0.1, -0.05) is 6.92 Å². The summed E-state index contributed by atoms with van der Waals surface area (Å²) in [5.41, 5.74) is -4.41. The van der Waals surface area contributed by atoms with E-state index < -0.39 is 60.8 Å². The van der Waals surface area contributed by atoms with Crippen LogP contribution in [0.2, 0.25) is 1.41 Å². The standard InChI is InChI=1S/C20H22F3N5O2/c1-12-6-7-19(27-10-12,11-26-18(30)20(21,22)23)16(29)15-14(5-4-13(2)28-15)17-24-8-3-9-25-17/h3-5,8-9,12,27H,6-7,10-11H2,1-2H3,(H,26,30)/t12-,19-/m0/s1/i6D2,7D2,11D2/hD. The Bertz CT molecular complexity index is 1220. The van der Waals surface area contributed by atoms with Crippen LogP contribution in [0.1, 0.15) is 44.1 Å². The van der Waals surface area contributed by atoms with E-state index in [9.17, 15) is 22.8 Å². The average molecular weight is 428 g/mol. The SMILES string of the molecule is [2H]N1C[C@@H](C)C([2H])([2H])C([2H])([2H])[C@@]1(C(=O)c1nc(C)ccc1-c1ncccn1)C([2H])([2H])NC(=O)C(F)(F)F. The second kappa shape index (κ2) is 8.47. The van der Waals surface area contributed by atoms with Crippen LogP contribution in [0.15, 0.2) is 30.6 Å². The van der Waals surface area contributed by atoms with E-state index in [-0.39, 0.29) is 22.4 Å². The molecule has 1 fully saturated rings. The lowest BCUT2D eigenvalue weighted by Gasteiger charge is -2.39. The van der Waals surface area contributed by atoms with E-state index in [0.29, 0.717) is 0 Å². The van der Waals surface area contributed by atoms with Crippen molar-refractivity contribution >= 4 is 11.7 Å². The first-order valence-corrected chi connectivity index (χ1v) is 8.78. The first-order chi connectivity index (χ1) is 16.8. The zero-order chi connectivity index (χ0) is 28.2. The van der Waals surface area contributed by atoms with Gasteiger partial charge >= 0.3 is 12.1 Å². The Labute approximate surface area is 181 Å². The maximum absolute atomic E-state index is 14.2. The fourth-order valence-electron chi connectivity index (χ4n) is 2.58. The number of Topliss-reactive ketones (excluding diaryl/α,β-unsaturated/α-hetero) is 1. The predicted octanol–water partition coefficient (Wildman–Crippen LogP) is 2.47. The lowest BCUT2D eigenvalue weighted by atomic mass is 9.79. The molecule has 3 rings (SSSR count). The molecule has 2 aromatic heterocycles. The van der Waals surface area contributed by atoms with Gasteiger partial charge in [0.15, 0.2) is 5.82 Å². The summed E-state index contributed by atoms with van der Waals surface area (Å²) in [7, 11) is 0. The second-order valence-electron chi connectivity index (χ2n) is 6.55. The summed E-state index contributed by atoms with van der Waals surface area (Å²) in [4.78, 5) is 38.0. The van der Waals surface area contributed by atoms with Crippen molar-refractivity contribution in [2.45, 2.75) is 38.3 Å². The highest BCUT2D eigenvalue weighted by molar-refractivity contribution is 6.06. The van der Waals surface area contributed by atoms with Gasteiger partial charge in [0, 0.05) is 35.6 Å². The Morgan fingerprint density at radius 3 is 2.77 bits per heavy atom. The monoisotopic (exact) mass is 428 g/mol. The highest BCUT2D eigenvalue weighted by Gasteiger charge is 2.46. The minimum Gasteiger partial charge on any atom is -0.346 e. The topological polar surface area (TPSA) is 96.9 Å². The van der Waals surface area contributed by atoms with Gasteiger partial charge in [-0.25, -0.2) is 15.0 Å². The number of amides is 1. The van der Waals surface area contributed by atoms with Crippen molar-refractivity contribution in [3.63, 3.8) is 0 Å². The number of hydrogen-bond acceptors (Lipinski definition) is 6. The molecule has 0 saturated carbocycles. The number of nitrogens with one attached hydrogen (secondary N) is 2. The number of hydrogen-bond donors (Lipinski definition) is 2. The lowest BCUT2D eigenvalue weighted by Crippen LogP contribution is -2.63. The van der Waals surface area contributed by atoms with Gasteiger partial charge in [0.2, 0.25) is 5.78 Å². The summed E-state index contributed by atoms with van der Waals surface area (Å²) >= 11 is 0. The molecule has 160 valence electrons. The molecule has 0 unspecified atom stereocenters. The summed E-state index contributed by atoms with van der Waals surface area (Å²) in [5, 5.41) is 1.04. The molecule has 1 aliphatic rings. The minimum absolute atomic E-state index is 0.0532. The molecular formula is C20H22F3N5O2. The normalized spacial score (nSPS) is 29.8. The van der Waals surface area contributed by atoms with E-state index in [2.05, 4.69) is 15.0 Å². The van der Waals surface area contributed by atoms with Crippen molar-refractivity contribution in [3.8, 4) is 11.4 Å². The number of ketones is 1. The van der Waals surface area contributed by atoms with E-state index in [4.69, 9.17) is 9.64 Å². The fraction of sp³-hybridized carbons (Fsp3) is 0.450. The first-order valence-electron chi connectivity index (χ1n) is 12.2. The fourth-order valence-corrected chi connectivity index (χ4v) is 2.58. The molecule has 2 aromatic rings. The van der Waals surface area contributed by atoms with Crippen LogP contribution in [0.25, 0.3) is 11.4 Å². The molecule has 0 spiro atoms. The van der Waals surface area contributed by atoms with Crippen LogP contribution in [-0.2, 0) is 4.79 Å². The number of carbonyl (C=O) groups is 2. The van der Waals surface area contributed by atoms with Crippen LogP contribution in [0.5, 0.6) is 0 Å². The van der Waals surface area contributed by atoms with Crippen LogP contribution >= 0.6 is 0 Å². The van der Waals surface area contributed by atoms with Crippen molar-refractivity contribution in [2.24, 2.45) is 5.92 Å². The van der Waals surface area contributed by atoms with Crippen LogP contribution in [0.3, 0.4) is 0 Å². The van der Waals surface area contributed by atoms with Gasteiger partial charge in [-0.2, -0.15) is 13.2 Å². The number of piperidine rings is 1. The van der Waals surface area contributed by atoms with Gasteiger partial charge in [-0.05, 0) is 50.3 Å². The molecule has 30 heavy (non-hydrogen) atoms. The number of halogens is 3. The average Bonchev–Trinajstić information content (AvgIpc) is 2.77. The Hall–Kier alpha value is -2.88. The summed E-state index contributed by atoms with van der Waals surface area (Å²) in [6.07, 6.45) is -9.77. The number of aryl methyl sites for hydroxylation is 1. The molecule has 3 heterocycles. The molecule has 0 bridgehead atoms. The molecule has 0 aliphatic carbocycles. The van der Waals surface area contributed by atoms with Gasteiger partial charge in [0.1, 0.15) is 12.6 Å². The Balaban J connectivity index is 2.39. The van der Waals surface area contributed by atoms with E-state index in [1.54, 1.807) is 0 Å². The van der Waals surface area contributed by atoms with Crippen molar-refractivity contribution in [1.29, 1.82) is 0 Å². The first kappa shape index (κ1) is 14.2. The van der Waals surface area contributed by atoms with Crippen molar-refractivity contribution in [1.82, 2.24) is 25.6 Å². The van der Waals surface area contributed by atoms with E-state index in [1.807, 2.05) is 0 Å². The molecule has 2 N–H and O–H groups in total. The van der Waals surface area contributed by atoms with Gasteiger partial charge in [-0.15, -0.1) is 0 Å². The van der Waals surface area contributed by atoms with Crippen molar-refractivity contribution < 1.29 is 32.4 Å². The minimum atomic E-state index is -5.64. The van der Waals surface area contributed by atoms with Crippen molar-refractivity contribution in [2.75, 3.05) is 13.0 Å². The van der Waals surface area contributed by atoms with E-state index in [1.165, 1.54) is 44.4 Å². The third-order valence-corrected chi connectivity index (χ3v) is 4.10. The predicted molar refractivity (Wildman–Crippen MR) is 103 cm³/mol. The molecule has 1 saturated heterocycles. The van der Waals surface area contributed by atoms with Crippen LogP contribution in [-0.4, -0.2) is 51.4 Å². The summed E-state index contributed by atoms with van der Waals surface area (Å²) in [6.45, 7) is -2.13. The number of nitrogens with zero attached hydrogens (tertiary/aromatic N) is 3. The Morgan fingerprint density at radius 1 is 1.40 bits per heavy atom. The third-order valence-electron chi connectivity index (χ3n) is 4.10. The number of rotatable bonds is 5. The highest BCUT2D eigenvalue weighted by atomic mass is 19.4. The van der Waals surface area contributed by atoms with Gasteiger partial charge in [-0.3, -0.25) is 9.59 Å². The van der Waals surface area contributed by atoms with E-state index >= 15 is 0 Å². The molecule has 10 heteroatoms. The van der Waals surface area contributed by atoms with Gasteiger partial charge < -0.3 is 10.6 Å². The highest BCUT2D eigenvalue weighted by Crippen LogP contribution is 2.30. The lowest BCUT2D eigenvalue weighted by molar-refractivity contribution is -0.173. The molecule has 0 radical (unpaired) electrons. The van der Waals surface area contributed by atoms with Gasteiger partial charge in [0.25, 0.3) is 0 Å². The zero-order valence-electron chi connectivity index (χ0n) is 22.9. The summed E-state index contributed by atoms with van der Waals surface area (Å²) < 4.78 is 98.6. The molecular weight excluding hydrogens is 399 g/mol. The number of pyridine rings is 1. The largest absolute Gasteiger partial charge is 0.471 e. The van der Waals surface area contributed by atoms with Crippen LogP contribution < -0.4 is 10.6 Å². The molecule has 1 aliphatic heterocycles. The number of carbonyl (C=O) groups excluding carboxylic acids is 2. The molecule has 7 nitrogen and oxygen atoms in total. The van der Waals surface area contributed by atoms with Crippen LogP contribution in [0.4, 0.5) is 13.2 Å². The van der Waals surface area contributed by atoms with Crippen LogP contribution in [0, 0.1) is 12.8 Å². The third kappa shape index (κ3) is 4.64. The molecule has 0 aromatic carbocycles. The molecule has 2 atom stereocenters. The molecule has 1 amide bonds. The quantitative estimate of drug-likeness (QED) is 0.711. The summed E-state index contributed by atoms with van der Waals surface area (Å²) in [5.74, 6) is -5.96. The zero-order valence-corrected chi connectivity index (χ0v) is 15.9. The number of alkyl halides is 3.